The molecular formula is C11H10ClFO2. The number of carboxylic acid groups (broad SMARTS) is 1. The van der Waals surface area contributed by atoms with Crippen LogP contribution in [-0.4, -0.2) is 11.1 Å². The molecule has 0 amide bonds. The Kier molecular flexibility index (Phi) is 2.65. The SMILES string of the molecule is O=C(O)C1CC1Cc1ccc(F)c(Cl)c1. The summed E-state index contributed by atoms with van der Waals surface area (Å²) in [6.45, 7) is 0. The van der Waals surface area contributed by atoms with Crippen LogP contribution in [0.25, 0.3) is 0 Å². The van der Waals surface area contributed by atoms with Gasteiger partial charge in [-0.15, -0.1) is 0 Å². The van der Waals surface area contributed by atoms with Crippen LogP contribution in [0.1, 0.15) is 12.0 Å². The largest absolute Gasteiger partial charge is 0.481 e. The smallest absolute Gasteiger partial charge is 0.306 e. The minimum absolute atomic E-state index is 0.0972. The zero-order chi connectivity index (χ0) is 11.0. The van der Waals surface area contributed by atoms with Crippen LogP contribution in [0.4, 0.5) is 4.39 Å². The Morgan fingerprint density at radius 2 is 2.33 bits per heavy atom. The average molecular weight is 229 g/mol. The first-order valence-electron chi connectivity index (χ1n) is 4.74. The van der Waals surface area contributed by atoms with E-state index in [1.54, 1.807) is 12.1 Å². The molecule has 0 bridgehead atoms. The molecule has 1 aromatic carbocycles. The highest BCUT2D eigenvalue weighted by atomic mass is 35.5. The fourth-order valence-corrected chi connectivity index (χ4v) is 1.95. The summed E-state index contributed by atoms with van der Waals surface area (Å²) in [4.78, 5) is 10.6. The fraction of sp³-hybridized carbons (Fsp3) is 0.364. The van der Waals surface area contributed by atoms with E-state index < -0.39 is 11.8 Å². The van der Waals surface area contributed by atoms with Crippen molar-refractivity contribution in [3.63, 3.8) is 0 Å². The maximum Gasteiger partial charge on any atom is 0.306 e. The second kappa shape index (κ2) is 3.81. The zero-order valence-electron chi connectivity index (χ0n) is 7.91. The third kappa shape index (κ3) is 2.29. The topological polar surface area (TPSA) is 37.3 Å². The molecule has 1 aliphatic rings. The van der Waals surface area contributed by atoms with Gasteiger partial charge in [0.1, 0.15) is 5.82 Å². The first-order valence-corrected chi connectivity index (χ1v) is 5.12. The molecule has 0 radical (unpaired) electrons. The van der Waals surface area contributed by atoms with Crippen LogP contribution in [-0.2, 0) is 11.2 Å². The van der Waals surface area contributed by atoms with Crippen LogP contribution in [0.3, 0.4) is 0 Å². The molecule has 0 aromatic heterocycles. The van der Waals surface area contributed by atoms with E-state index in [1.165, 1.54) is 6.07 Å². The van der Waals surface area contributed by atoms with Gasteiger partial charge in [-0.1, -0.05) is 17.7 Å². The van der Waals surface area contributed by atoms with Gasteiger partial charge in [-0.05, 0) is 36.5 Å². The van der Waals surface area contributed by atoms with Gasteiger partial charge in [0.2, 0.25) is 0 Å². The van der Waals surface area contributed by atoms with Crippen molar-refractivity contribution < 1.29 is 14.3 Å². The third-order valence-corrected chi connectivity index (χ3v) is 3.01. The van der Waals surface area contributed by atoms with Gasteiger partial charge in [0, 0.05) is 0 Å². The molecule has 1 saturated carbocycles. The molecule has 2 unspecified atom stereocenters. The second-order valence-corrected chi connectivity index (χ2v) is 4.30. The molecule has 1 aliphatic carbocycles. The monoisotopic (exact) mass is 228 g/mol. The second-order valence-electron chi connectivity index (χ2n) is 3.89. The van der Waals surface area contributed by atoms with Gasteiger partial charge in [-0.3, -0.25) is 4.79 Å². The lowest BCUT2D eigenvalue weighted by Gasteiger charge is -2.01. The predicted molar refractivity (Wildman–Crippen MR) is 54.3 cm³/mol. The molecular weight excluding hydrogens is 219 g/mol. The van der Waals surface area contributed by atoms with Crippen molar-refractivity contribution in [2.24, 2.45) is 11.8 Å². The standard InChI is InChI=1S/C11H10ClFO2/c12-9-4-6(1-2-10(9)13)3-7-5-8(7)11(14)15/h1-2,4,7-8H,3,5H2,(H,14,15). The van der Waals surface area contributed by atoms with Gasteiger partial charge in [0.25, 0.3) is 0 Å². The first-order chi connectivity index (χ1) is 7.08. The quantitative estimate of drug-likeness (QED) is 0.864. The van der Waals surface area contributed by atoms with Gasteiger partial charge in [-0.2, -0.15) is 0 Å². The summed E-state index contributed by atoms with van der Waals surface area (Å²) >= 11 is 5.63. The number of carboxylic acids is 1. The van der Waals surface area contributed by atoms with E-state index in [4.69, 9.17) is 16.7 Å². The van der Waals surface area contributed by atoms with Crippen LogP contribution in [0.15, 0.2) is 18.2 Å². The van der Waals surface area contributed by atoms with E-state index in [0.29, 0.717) is 12.8 Å². The molecule has 0 saturated heterocycles. The zero-order valence-corrected chi connectivity index (χ0v) is 8.67. The fourth-order valence-electron chi connectivity index (χ4n) is 1.74. The maximum atomic E-state index is 12.8. The Bertz CT molecular complexity index is 406. The number of rotatable bonds is 3. The normalized spacial score (nSPS) is 23.9. The van der Waals surface area contributed by atoms with Gasteiger partial charge in [-0.25, -0.2) is 4.39 Å². The molecule has 1 aromatic rings. The summed E-state index contributed by atoms with van der Waals surface area (Å²) in [7, 11) is 0. The lowest BCUT2D eigenvalue weighted by molar-refractivity contribution is -0.138. The van der Waals surface area contributed by atoms with E-state index in [-0.39, 0.29) is 16.9 Å². The highest BCUT2D eigenvalue weighted by Gasteiger charge is 2.42. The summed E-state index contributed by atoms with van der Waals surface area (Å²) in [5.74, 6) is -1.22. The lowest BCUT2D eigenvalue weighted by atomic mass is 10.1. The number of halogens is 2. The number of benzene rings is 1. The average Bonchev–Trinajstić information content (AvgIpc) is 2.91. The predicted octanol–water partition coefficient (Wildman–Crippen LogP) is 2.74. The summed E-state index contributed by atoms with van der Waals surface area (Å²) in [6, 6.07) is 4.53. The number of aliphatic carboxylic acids is 1. The highest BCUT2D eigenvalue weighted by Crippen LogP contribution is 2.41. The van der Waals surface area contributed by atoms with Crippen molar-refractivity contribution in [3.05, 3.63) is 34.6 Å². The Labute approximate surface area is 91.7 Å². The van der Waals surface area contributed by atoms with Crippen LogP contribution >= 0.6 is 11.6 Å². The Hall–Kier alpha value is -1.09. The molecule has 0 spiro atoms. The first kappa shape index (κ1) is 10.4. The highest BCUT2D eigenvalue weighted by molar-refractivity contribution is 6.30. The summed E-state index contributed by atoms with van der Waals surface area (Å²) in [6.07, 6.45) is 1.38. The van der Waals surface area contributed by atoms with Crippen LogP contribution in [0.2, 0.25) is 5.02 Å². The number of hydrogen-bond acceptors (Lipinski definition) is 1. The number of hydrogen-bond donors (Lipinski definition) is 1. The van der Waals surface area contributed by atoms with Crippen molar-refractivity contribution in [1.82, 2.24) is 0 Å². The molecule has 0 aliphatic heterocycles. The minimum atomic E-state index is -0.742. The molecule has 15 heavy (non-hydrogen) atoms. The van der Waals surface area contributed by atoms with E-state index in [2.05, 4.69) is 0 Å². The van der Waals surface area contributed by atoms with Crippen LogP contribution < -0.4 is 0 Å². The molecule has 2 rings (SSSR count). The van der Waals surface area contributed by atoms with Gasteiger partial charge in [0.05, 0.1) is 10.9 Å². The Morgan fingerprint density at radius 3 is 2.87 bits per heavy atom. The van der Waals surface area contributed by atoms with Crippen molar-refractivity contribution >= 4 is 17.6 Å². The van der Waals surface area contributed by atoms with Crippen molar-refractivity contribution in [1.29, 1.82) is 0 Å². The van der Waals surface area contributed by atoms with Crippen molar-refractivity contribution in [2.45, 2.75) is 12.8 Å². The molecule has 80 valence electrons. The van der Waals surface area contributed by atoms with Crippen LogP contribution in [0, 0.1) is 17.7 Å². The third-order valence-electron chi connectivity index (χ3n) is 2.72. The van der Waals surface area contributed by atoms with E-state index in [0.717, 1.165) is 5.56 Å². The molecule has 0 heterocycles. The van der Waals surface area contributed by atoms with Crippen LogP contribution in [0.5, 0.6) is 0 Å². The molecule has 4 heteroatoms. The molecule has 2 atom stereocenters. The summed E-state index contributed by atoms with van der Waals surface area (Å²) in [5.41, 5.74) is 0.898. The van der Waals surface area contributed by atoms with Crippen molar-refractivity contribution in [2.75, 3.05) is 0 Å². The minimum Gasteiger partial charge on any atom is -0.481 e. The van der Waals surface area contributed by atoms with E-state index in [9.17, 15) is 9.18 Å². The molecule has 1 N–H and O–H groups in total. The van der Waals surface area contributed by atoms with Gasteiger partial charge >= 0.3 is 5.97 Å². The maximum absolute atomic E-state index is 12.8. The summed E-state index contributed by atoms with van der Waals surface area (Å²) < 4.78 is 12.8. The van der Waals surface area contributed by atoms with E-state index in [1.807, 2.05) is 0 Å². The van der Waals surface area contributed by atoms with Crippen molar-refractivity contribution in [3.8, 4) is 0 Å². The Balaban J connectivity index is 2.01. The molecule has 2 nitrogen and oxygen atoms in total. The van der Waals surface area contributed by atoms with Gasteiger partial charge in [0.15, 0.2) is 0 Å². The lowest BCUT2D eigenvalue weighted by Crippen LogP contribution is -2.01. The number of carbonyl (C=O) groups is 1. The van der Waals surface area contributed by atoms with E-state index >= 15 is 0 Å². The molecule has 1 fully saturated rings. The van der Waals surface area contributed by atoms with Gasteiger partial charge < -0.3 is 5.11 Å². The summed E-state index contributed by atoms with van der Waals surface area (Å²) in [5, 5.41) is 8.81. The Morgan fingerprint density at radius 1 is 1.60 bits per heavy atom.